The number of nitrogens with zero attached hydrogens (tertiary/aromatic N) is 1. The van der Waals surface area contributed by atoms with E-state index in [-0.39, 0.29) is 0 Å². The summed E-state index contributed by atoms with van der Waals surface area (Å²) in [6, 6.07) is 1.99. The topological polar surface area (TPSA) is 38.5 Å². The second-order valence-electron chi connectivity index (χ2n) is 4.34. The van der Waals surface area contributed by atoms with E-state index < -0.39 is 0 Å². The van der Waals surface area contributed by atoms with E-state index in [9.17, 15) is 0 Å². The van der Waals surface area contributed by atoms with E-state index in [2.05, 4.69) is 4.90 Å². The average Bonchev–Trinajstić information content (AvgIpc) is 2.30. The molecule has 0 fully saturated rings. The highest BCUT2D eigenvalue weighted by Crippen LogP contribution is 2.32. The molecular formula is C13H21ClN2O. The highest BCUT2D eigenvalue weighted by molar-refractivity contribution is 6.32. The number of methoxy groups -OCH3 is 1. The molecule has 0 bridgehead atoms. The van der Waals surface area contributed by atoms with Crippen molar-refractivity contribution in [3.05, 3.63) is 27.8 Å². The van der Waals surface area contributed by atoms with Gasteiger partial charge in [0.1, 0.15) is 5.75 Å². The number of rotatable bonds is 5. The van der Waals surface area contributed by atoms with Crippen LogP contribution >= 0.6 is 11.6 Å². The van der Waals surface area contributed by atoms with Crippen LogP contribution in [0.3, 0.4) is 0 Å². The van der Waals surface area contributed by atoms with Gasteiger partial charge in [-0.15, -0.1) is 0 Å². The Bertz CT molecular complexity index is 393. The molecule has 4 heteroatoms. The van der Waals surface area contributed by atoms with Gasteiger partial charge in [0.2, 0.25) is 0 Å². The Kier molecular flexibility index (Phi) is 5.25. The van der Waals surface area contributed by atoms with E-state index >= 15 is 0 Å². The number of benzene rings is 1. The smallest absolute Gasteiger partial charge is 0.123 e. The van der Waals surface area contributed by atoms with Gasteiger partial charge in [-0.1, -0.05) is 11.6 Å². The molecule has 0 aliphatic carbocycles. The van der Waals surface area contributed by atoms with Gasteiger partial charge in [0.25, 0.3) is 0 Å². The molecule has 1 aromatic carbocycles. The van der Waals surface area contributed by atoms with Crippen molar-refractivity contribution in [3.8, 4) is 5.75 Å². The Morgan fingerprint density at radius 3 is 2.59 bits per heavy atom. The average molecular weight is 257 g/mol. The van der Waals surface area contributed by atoms with Gasteiger partial charge in [-0.2, -0.15) is 0 Å². The van der Waals surface area contributed by atoms with Crippen molar-refractivity contribution >= 4 is 11.6 Å². The maximum absolute atomic E-state index is 6.27. The minimum atomic E-state index is 0.650. The van der Waals surface area contributed by atoms with Crippen LogP contribution < -0.4 is 10.5 Å². The Labute approximate surface area is 109 Å². The molecule has 0 amide bonds. The summed E-state index contributed by atoms with van der Waals surface area (Å²) >= 11 is 6.27. The normalized spacial score (nSPS) is 11.0. The molecule has 17 heavy (non-hydrogen) atoms. The zero-order chi connectivity index (χ0) is 13.0. The van der Waals surface area contributed by atoms with Gasteiger partial charge in [-0.3, -0.25) is 0 Å². The van der Waals surface area contributed by atoms with Crippen LogP contribution in [-0.2, 0) is 6.54 Å². The number of hydrogen-bond acceptors (Lipinski definition) is 3. The van der Waals surface area contributed by atoms with Crippen LogP contribution in [0.15, 0.2) is 6.07 Å². The van der Waals surface area contributed by atoms with Gasteiger partial charge >= 0.3 is 0 Å². The second-order valence-corrected chi connectivity index (χ2v) is 4.72. The van der Waals surface area contributed by atoms with Crippen LogP contribution in [0.4, 0.5) is 0 Å². The fourth-order valence-electron chi connectivity index (χ4n) is 1.91. The molecule has 0 aliphatic heterocycles. The molecule has 2 N–H and O–H groups in total. The van der Waals surface area contributed by atoms with E-state index in [0.29, 0.717) is 6.54 Å². The molecule has 0 spiro atoms. The highest BCUT2D eigenvalue weighted by atomic mass is 35.5. The first-order chi connectivity index (χ1) is 8.01. The van der Waals surface area contributed by atoms with Crippen molar-refractivity contribution in [2.45, 2.75) is 20.4 Å². The van der Waals surface area contributed by atoms with Gasteiger partial charge in [0, 0.05) is 30.2 Å². The minimum Gasteiger partial charge on any atom is -0.496 e. The molecule has 0 saturated carbocycles. The summed E-state index contributed by atoms with van der Waals surface area (Å²) in [6.07, 6.45) is 0. The molecule has 0 atom stereocenters. The highest BCUT2D eigenvalue weighted by Gasteiger charge is 2.13. The fourth-order valence-corrected chi connectivity index (χ4v) is 2.08. The lowest BCUT2D eigenvalue weighted by Crippen LogP contribution is -2.25. The number of nitrogens with two attached hydrogens (primary N) is 1. The maximum atomic E-state index is 6.27. The molecule has 96 valence electrons. The van der Waals surface area contributed by atoms with Gasteiger partial charge in [0.15, 0.2) is 0 Å². The molecule has 0 radical (unpaired) electrons. The molecule has 0 heterocycles. The Morgan fingerprint density at radius 2 is 2.06 bits per heavy atom. The monoisotopic (exact) mass is 256 g/mol. The largest absolute Gasteiger partial charge is 0.496 e. The van der Waals surface area contributed by atoms with Gasteiger partial charge in [-0.25, -0.2) is 0 Å². The first-order valence-corrected chi connectivity index (χ1v) is 6.10. The van der Waals surface area contributed by atoms with Crippen LogP contribution in [0.5, 0.6) is 5.75 Å². The number of aryl methyl sites for hydroxylation is 1. The van der Waals surface area contributed by atoms with Crippen LogP contribution in [0.2, 0.25) is 5.02 Å². The molecule has 0 saturated heterocycles. The fraction of sp³-hybridized carbons (Fsp3) is 0.538. The number of likely N-dealkylation sites (N-methyl/N-ethyl adjacent to an activating group) is 1. The molecule has 0 aromatic heterocycles. The SMILES string of the molecule is COc1cc(C)c(Cl)c(C)c1CN(C)CCN. The first-order valence-electron chi connectivity index (χ1n) is 5.72. The van der Waals surface area contributed by atoms with E-state index in [0.717, 1.165) is 40.6 Å². The quantitative estimate of drug-likeness (QED) is 0.879. The van der Waals surface area contributed by atoms with Crippen molar-refractivity contribution in [1.29, 1.82) is 0 Å². The first kappa shape index (κ1) is 14.3. The van der Waals surface area contributed by atoms with E-state index in [1.807, 2.05) is 27.0 Å². The third-order valence-corrected chi connectivity index (χ3v) is 3.51. The lowest BCUT2D eigenvalue weighted by molar-refractivity contribution is 0.324. The Hall–Kier alpha value is -0.770. The predicted octanol–water partition coefficient (Wildman–Crippen LogP) is 2.36. The molecular weight excluding hydrogens is 236 g/mol. The summed E-state index contributed by atoms with van der Waals surface area (Å²) in [5.41, 5.74) is 8.82. The van der Waals surface area contributed by atoms with Gasteiger partial charge < -0.3 is 15.4 Å². The third-order valence-electron chi connectivity index (χ3n) is 2.93. The zero-order valence-corrected chi connectivity index (χ0v) is 11.8. The lowest BCUT2D eigenvalue weighted by Gasteiger charge is -2.20. The van der Waals surface area contributed by atoms with E-state index in [4.69, 9.17) is 22.1 Å². The van der Waals surface area contributed by atoms with Gasteiger partial charge in [0.05, 0.1) is 7.11 Å². The number of ether oxygens (including phenoxy) is 1. The number of halogens is 1. The van der Waals surface area contributed by atoms with Crippen molar-refractivity contribution in [3.63, 3.8) is 0 Å². The van der Waals surface area contributed by atoms with Crippen molar-refractivity contribution in [2.24, 2.45) is 5.73 Å². The lowest BCUT2D eigenvalue weighted by atomic mass is 10.0. The van der Waals surface area contributed by atoms with Crippen LogP contribution in [0.25, 0.3) is 0 Å². The van der Waals surface area contributed by atoms with Crippen LogP contribution in [-0.4, -0.2) is 32.1 Å². The second kappa shape index (κ2) is 6.24. The summed E-state index contributed by atoms with van der Waals surface area (Å²) in [6.45, 7) is 6.33. The van der Waals surface area contributed by atoms with E-state index in [1.165, 1.54) is 0 Å². The summed E-state index contributed by atoms with van der Waals surface area (Å²) in [5.74, 6) is 0.897. The van der Waals surface area contributed by atoms with Crippen LogP contribution in [0.1, 0.15) is 16.7 Å². The molecule has 3 nitrogen and oxygen atoms in total. The molecule has 1 aromatic rings. The standard InChI is InChI=1S/C13H21ClN2O/c1-9-7-12(17-4)11(10(2)13(9)14)8-16(3)6-5-15/h7H,5-6,8,15H2,1-4H3. The maximum Gasteiger partial charge on any atom is 0.123 e. The minimum absolute atomic E-state index is 0.650. The van der Waals surface area contributed by atoms with Crippen molar-refractivity contribution in [1.82, 2.24) is 4.90 Å². The molecule has 0 unspecified atom stereocenters. The Balaban J connectivity index is 3.08. The Morgan fingerprint density at radius 1 is 1.41 bits per heavy atom. The molecule has 1 rings (SSSR count). The summed E-state index contributed by atoms with van der Waals surface area (Å²) < 4.78 is 5.42. The summed E-state index contributed by atoms with van der Waals surface area (Å²) in [5, 5.41) is 0.821. The van der Waals surface area contributed by atoms with Gasteiger partial charge in [-0.05, 0) is 38.1 Å². The third kappa shape index (κ3) is 3.35. The van der Waals surface area contributed by atoms with Crippen molar-refractivity contribution in [2.75, 3.05) is 27.2 Å². The number of hydrogen-bond donors (Lipinski definition) is 1. The van der Waals surface area contributed by atoms with Crippen LogP contribution in [0, 0.1) is 13.8 Å². The zero-order valence-electron chi connectivity index (χ0n) is 11.0. The van der Waals surface area contributed by atoms with E-state index in [1.54, 1.807) is 7.11 Å². The summed E-state index contributed by atoms with van der Waals surface area (Å²) in [4.78, 5) is 2.16. The summed E-state index contributed by atoms with van der Waals surface area (Å²) in [7, 11) is 3.73. The molecule has 0 aliphatic rings. The predicted molar refractivity (Wildman–Crippen MR) is 72.9 cm³/mol. The van der Waals surface area contributed by atoms with Crippen molar-refractivity contribution < 1.29 is 4.74 Å².